The van der Waals surface area contributed by atoms with Crippen LogP contribution in [0.15, 0.2) is 279 Å². The normalized spacial score (nSPS) is 15.6. The molecular formula is C121H134BBr2Cl2N13O10. The number of carbonyl (C=O) groups is 4. The quantitative estimate of drug-likeness (QED) is 0.0856. The van der Waals surface area contributed by atoms with Gasteiger partial charge in [0.25, 0.3) is 0 Å². The number of piperidine rings is 3. The number of rotatable bonds is 7. The number of amides is 2. The maximum atomic E-state index is 12.3. The van der Waals surface area contributed by atoms with E-state index in [0.29, 0.717) is 16.9 Å². The first kappa shape index (κ1) is 109. The molecule has 10 aromatic heterocycles. The molecule has 774 valence electrons. The molecule has 4 fully saturated rings. The first-order valence-corrected chi connectivity index (χ1v) is 53.0. The number of halogens is 4. The van der Waals surface area contributed by atoms with E-state index in [1.807, 2.05) is 190 Å². The number of benzene rings is 5. The van der Waals surface area contributed by atoms with Crippen molar-refractivity contribution in [1.29, 1.82) is 0 Å². The number of hydrogen-bond donors (Lipinski definition) is 2. The zero-order valence-electron chi connectivity index (χ0n) is 87.9. The third-order valence-electron chi connectivity index (χ3n) is 28.1. The molecule has 24 rings (SSSR count). The van der Waals surface area contributed by atoms with Crippen LogP contribution in [0.4, 0.5) is 19.2 Å². The van der Waals surface area contributed by atoms with Crippen LogP contribution in [0.5, 0.6) is 0 Å². The Bertz CT molecular complexity index is 7270. The average molecular weight is 2170 g/mol. The van der Waals surface area contributed by atoms with Gasteiger partial charge in [0.05, 0.1) is 39.7 Å². The van der Waals surface area contributed by atoms with Gasteiger partial charge in [-0.1, -0.05) is 153 Å². The number of aromatic nitrogens is 10. The molecule has 14 heterocycles. The van der Waals surface area contributed by atoms with Gasteiger partial charge in [0.1, 0.15) is 22.4 Å². The highest BCUT2D eigenvalue weighted by Crippen LogP contribution is 2.49. The molecule has 5 aromatic carbocycles. The van der Waals surface area contributed by atoms with Gasteiger partial charge in [-0.15, -0.1) is 24.8 Å². The summed E-state index contributed by atoms with van der Waals surface area (Å²) >= 11 is 7.12. The molecule has 23 nitrogen and oxygen atoms in total. The lowest BCUT2D eigenvalue weighted by molar-refractivity contribution is 0.00578. The molecule has 9 aliphatic rings. The van der Waals surface area contributed by atoms with Gasteiger partial charge in [-0.05, 0) is 307 Å². The van der Waals surface area contributed by atoms with Gasteiger partial charge in [0.2, 0.25) is 0 Å². The van der Waals surface area contributed by atoms with Crippen molar-refractivity contribution in [2.75, 3.05) is 39.3 Å². The largest absolute Gasteiger partial charge is 0.496 e. The number of aromatic amines is 1. The van der Waals surface area contributed by atoms with E-state index in [2.05, 4.69) is 259 Å². The van der Waals surface area contributed by atoms with E-state index in [1.54, 1.807) is 23.5 Å². The second-order valence-electron chi connectivity index (χ2n) is 43.8. The van der Waals surface area contributed by atoms with E-state index >= 15 is 0 Å². The van der Waals surface area contributed by atoms with Crippen molar-refractivity contribution < 1.29 is 47.4 Å². The zero-order chi connectivity index (χ0) is 103. The van der Waals surface area contributed by atoms with Crippen LogP contribution in [-0.2, 0) is 60.4 Å². The molecule has 2 amide bonds. The molecule has 0 saturated carbocycles. The zero-order valence-corrected chi connectivity index (χ0v) is 92.7. The van der Waals surface area contributed by atoms with Gasteiger partial charge < -0.3 is 57.5 Å². The maximum Gasteiger partial charge on any atom is 0.496 e. The lowest BCUT2D eigenvalue weighted by Gasteiger charge is -2.34. The molecule has 4 saturated heterocycles. The van der Waals surface area contributed by atoms with Crippen LogP contribution in [0.2, 0.25) is 0 Å². The first-order valence-electron chi connectivity index (χ1n) is 51.2. The van der Waals surface area contributed by atoms with Crippen LogP contribution in [0.3, 0.4) is 0 Å². The summed E-state index contributed by atoms with van der Waals surface area (Å²) in [4.78, 5) is 78.3. The Morgan fingerprint density at radius 1 is 0.362 bits per heavy atom. The summed E-state index contributed by atoms with van der Waals surface area (Å²) < 4.78 is 42.3. The summed E-state index contributed by atoms with van der Waals surface area (Å²) in [5.74, 6) is 0. The van der Waals surface area contributed by atoms with Crippen LogP contribution in [0.1, 0.15) is 218 Å². The predicted molar refractivity (Wildman–Crippen MR) is 605 cm³/mol. The molecule has 0 bridgehead atoms. The first-order chi connectivity index (χ1) is 70.3. The number of alkyl halides is 1. The van der Waals surface area contributed by atoms with Crippen molar-refractivity contribution in [3.05, 3.63) is 336 Å². The van der Waals surface area contributed by atoms with Gasteiger partial charge in [-0.3, -0.25) is 34.1 Å². The number of nitrogens with one attached hydrogen (secondary N) is 2. The van der Waals surface area contributed by atoms with Crippen LogP contribution < -0.4 is 10.8 Å². The third kappa shape index (κ3) is 25.6. The molecule has 5 aliphatic carbocycles. The predicted octanol–water partition coefficient (Wildman–Crippen LogP) is 27.9. The fraction of sp³-hybridized carbons (Fsp3) is 0.347. The average Bonchev–Trinajstić information content (AvgIpc) is 1.58. The van der Waals surface area contributed by atoms with Crippen LogP contribution in [0.25, 0.3) is 100 Å². The van der Waals surface area contributed by atoms with Gasteiger partial charge >= 0.3 is 31.5 Å². The molecule has 0 spiro atoms. The summed E-state index contributed by atoms with van der Waals surface area (Å²) in [5, 5.41) is 3.45. The number of H-pyrrole nitrogens is 1. The number of fused-ring (bicyclic) bond motifs is 15. The van der Waals surface area contributed by atoms with Gasteiger partial charge in [-0.2, -0.15) is 0 Å². The van der Waals surface area contributed by atoms with E-state index in [0.717, 1.165) is 130 Å². The van der Waals surface area contributed by atoms with E-state index in [4.69, 9.17) is 28.3 Å². The molecule has 4 aliphatic heterocycles. The minimum absolute atomic E-state index is 0. The summed E-state index contributed by atoms with van der Waals surface area (Å²) in [6.07, 6.45) is 39.2. The van der Waals surface area contributed by atoms with Crippen molar-refractivity contribution in [3.63, 3.8) is 0 Å². The van der Waals surface area contributed by atoms with Crippen LogP contribution in [0, 0.1) is 0 Å². The lowest BCUT2D eigenvalue weighted by Crippen LogP contribution is -2.42. The Morgan fingerprint density at radius 3 is 1.05 bits per heavy atom. The van der Waals surface area contributed by atoms with Gasteiger partial charge in [-0.25, -0.2) is 19.2 Å². The van der Waals surface area contributed by atoms with E-state index in [-0.39, 0.29) is 48.7 Å². The van der Waals surface area contributed by atoms with Crippen LogP contribution in [-0.4, -0.2) is 167 Å². The Labute approximate surface area is 904 Å². The van der Waals surface area contributed by atoms with Gasteiger partial charge in [0.15, 0.2) is 0 Å². The number of carbonyl (C=O) groups excluding carboxylic acids is 4. The molecule has 28 heteroatoms. The molecule has 0 radical (unpaired) electrons. The highest BCUT2D eigenvalue weighted by molar-refractivity contribution is 9.10. The Balaban J connectivity index is 0.000000125. The SMILES string of the molecule is Brc1ccnc2c1-c1ccccc1C2.CC(C)(C)OC(=O)N1CCC(Br)CC1.CC(C)(C)OC(=O)N1CCC(n2ccc(-c3ccnc4c3-c3ccccc3C4)c2)CC1.CC(C)(C)OC(=O)n1ccc(-c2ccnc3c2-c2ccccc2C3)c1.CC(C)(C)OC(=O)n1ccc(B2OC(C)(C)C(C)(C)O2)c1.Cl.Cl.c1ccc2c(c1)Cc1nccc(-c3cc[nH]c3)c1-2.c1ccc2c(c1)Cc1nccc(-c3ccn(C4CCNCC4)c3)c1-2. The smallest absolute Gasteiger partial charge is 0.444 e. The van der Waals surface area contributed by atoms with Crippen molar-refractivity contribution in [2.45, 2.75) is 232 Å². The van der Waals surface area contributed by atoms with Crippen molar-refractivity contribution >= 4 is 93.6 Å². The topological polar surface area (TPSA) is 242 Å². The fourth-order valence-electron chi connectivity index (χ4n) is 20.3. The number of nitrogens with zero attached hydrogens (tertiary/aromatic N) is 11. The number of hydrogen-bond acceptors (Lipinski definition) is 16. The fourth-order valence-corrected chi connectivity index (χ4v) is 21.3. The van der Waals surface area contributed by atoms with E-state index in [9.17, 15) is 19.2 Å². The molecule has 15 aromatic rings. The Kier molecular flexibility index (Phi) is 33.6. The van der Waals surface area contributed by atoms with Crippen LogP contribution >= 0.6 is 56.7 Å². The minimum Gasteiger partial charge on any atom is -0.444 e. The monoisotopic (exact) mass is 2170 g/mol. The third-order valence-corrected chi connectivity index (χ3v) is 29.7. The molecular weight excluding hydrogens is 2040 g/mol. The Hall–Kier alpha value is -12.8. The molecule has 2 N–H and O–H groups in total. The highest BCUT2D eigenvalue weighted by Gasteiger charge is 2.52. The molecule has 149 heavy (non-hydrogen) atoms. The summed E-state index contributed by atoms with van der Waals surface area (Å²) in [7, 11) is -0.473. The lowest BCUT2D eigenvalue weighted by atomic mass is 9.81. The number of pyridine rings is 5. The second-order valence-corrected chi connectivity index (χ2v) is 46.0. The number of likely N-dealkylation sites (tertiary alicyclic amines) is 2. The van der Waals surface area contributed by atoms with Crippen molar-refractivity contribution in [2.24, 2.45) is 0 Å². The summed E-state index contributed by atoms with van der Waals surface area (Å²) in [6.45, 7) is 35.8. The summed E-state index contributed by atoms with van der Waals surface area (Å²) in [5.41, 5.74) is 33.3. The minimum atomic E-state index is -0.522. The summed E-state index contributed by atoms with van der Waals surface area (Å²) in [6, 6.07) is 64.6. The van der Waals surface area contributed by atoms with E-state index < -0.39 is 41.2 Å². The maximum absolute atomic E-state index is 12.3. The van der Waals surface area contributed by atoms with E-state index in [1.165, 1.54) is 156 Å². The van der Waals surface area contributed by atoms with Crippen molar-refractivity contribution in [1.82, 2.24) is 63.3 Å². The van der Waals surface area contributed by atoms with Gasteiger partial charge in [0, 0.05) is 223 Å². The molecule has 0 atom stereocenters. The second kappa shape index (κ2) is 46.0. The molecule has 0 unspecified atom stereocenters. The van der Waals surface area contributed by atoms with Crippen molar-refractivity contribution in [3.8, 4) is 100 Å². The standard InChI is InChI=1S/C26H29N3O2.C21H21N3.C21H20N2O2.C16H12N2.C15H24BNO4.C12H8BrN.C10H18BrNO2.2ClH/c1-26(2,3)31-25(30)28-14-10-20(11-15-28)29-13-9-19(17-29)22-8-12-27-23-16-18-6-4-5-7-21(18)24(22)23;1-2-4-18-15(3-1)13-20-21(18)19(7-11-23-20)16-8-12-24(14-16)17-5-9-22-10-6-17;1-21(2,3)25-20(24)23-11-9-15(13-23)17-8-10-22-18-12-14-6-4-5-7-16(14)19(17)18;1-2-4-13-11(3-1)9-15-16(13)14(6-8-18-15)12-5-7-17-10-12;1-13(2,3)19-12(18)17-9-8-11(10-17)16-20-14(4,5)15(6,7)21-16;13-10-5-6-14-11-7-8-3-1-2-4-9(8)12(10)11;1-10(2,3)14-9(13)12-6-4-8(11)5-7-12;;/h4-9,12-13,17,20H,10-11,14-16H2,1-3H3;1-4,7-8,11-12,14,17,22H,5-6,9-10,13H2;4-11,13H,12H2,1-3H3;1-8,10,17H,9H2;8-10H,1-7H3;1-6H,7H2;8H,4-7H2,1-3H3;2*1H. The number of ether oxygens (including phenoxy) is 4. The Morgan fingerprint density at radius 2 is 0.678 bits per heavy atom. The highest BCUT2D eigenvalue weighted by atomic mass is 79.9.